The maximum atomic E-state index is 12.4. The molecule has 0 aromatic heterocycles. The number of piperidine rings is 1. The molecular formula is C15H25N3O2. The van der Waals surface area contributed by atoms with E-state index in [0.717, 1.165) is 32.5 Å². The molecule has 0 aromatic carbocycles. The minimum atomic E-state index is 0.143. The largest absolute Gasteiger partial charge is 0.340 e. The van der Waals surface area contributed by atoms with Crippen molar-refractivity contribution in [3.63, 3.8) is 0 Å². The highest BCUT2D eigenvalue weighted by atomic mass is 16.2. The molecule has 2 amide bonds. The molecule has 0 bridgehead atoms. The monoisotopic (exact) mass is 279 g/mol. The van der Waals surface area contributed by atoms with Crippen LogP contribution in [-0.4, -0.2) is 71.8 Å². The van der Waals surface area contributed by atoms with E-state index in [2.05, 4.69) is 4.90 Å². The zero-order chi connectivity index (χ0) is 13.9. The zero-order valence-corrected chi connectivity index (χ0v) is 12.2. The van der Waals surface area contributed by atoms with Crippen molar-refractivity contribution in [1.29, 1.82) is 0 Å². The Morgan fingerprint density at radius 3 is 2.55 bits per heavy atom. The van der Waals surface area contributed by atoms with Crippen molar-refractivity contribution in [2.45, 2.75) is 44.6 Å². The lowest BCUT2D eigenvalue weighted by Gasteiger charge is -2.38. The van der Waals surface area contributed by atoms with Gasteiger partial charge in [0.1, 0.15) is 0 Å². The molecule has 112 valence electrons. The van der Waals surface area contributed by atoms with Crippen molar-refractivity contribution in [3.8, 4) is 0 Å². The molecular weight excluding hydrogens is 254 g/mol. The fourth-order valence-electron chi connectivity index (χ4n) is 3.72. The fourth-order valence-corrected chi connectivity index (χ4v) is 3.72. The van der Waals surface area contributed by atoms with Crippen LogP contribution in [0.15, 0.2) is 0 Å². The summed E-state index contributed by atoms with van der Waals surface area (Å²) in [6.45, 7) is 5.17. The molecule has 3 saturated heterocycles. The number of hydrogen-bond acceptors (Lipinski definition) is 3. The van der Waals surface area contributed by atoms with Gasteiger partial charge in [-0.15, -0.1) is 0 Å². The number of amides is 2. The maximum absolute atomic E-state index is 12.4. The quantitative estimate of drug-likeness (QED) is 0.764. The number of rotatable bonds is 3. The van der Waals surface area contributed by atoms with E-state index in [9.17, 15) is 9.59 Å². The molecule has 20 heavy (non-hydrogen) atoms. The van der Waals surface area contributed by atoms with Crippen LogP contribution in [0.2, 0.25) is 0 Å². The van der Waals surface area contributed by atoms with Gasteiger partial charge >= 0.3 is 0 Å². The van der Waals surface area contributed by atoms with Crippen molar-refractivity contribution in [1.82, 2.24) is 14.7 Å². The van der Waals surface area contributed by atoms with Gasteiger partial charge in [-0.1, -0.05) is 0 Å². The topological polar surface area (TPSA) is 43.9 Å². The van der Waals surface area contributed by atoms with Gasteiger partial charge in [0.2, 0.25) is 11.8 Å². The highest BCUT2D eigenvalue weighted by Crippen LogP contribution is 2.21. The molecule has 5 nitrogen and oxygen atoms in total. The predicted molar refractivity (Wildman–Crippen MR) is 76.2 cm³/mol. The molecule has 3 fully saturated rings. The third-order valence-electron chi connectivity index (χ3n) is 4.90. The number of carbonyl (C=O) groups excluding carboxylic acids is 2. The number of likely N-dealkylation sites (tertiary alicyclic amines) is 3. The van der Waals surface area contributed by atoms with Gasteiger partial charge in [-0.25, -0.2) is 0 Å². The highest BCUT2D eigenvalue weighted by molar-refractivity contribution is 5.85. The van der Waals surface area contributed by atoms with Crippen LogP contribution in [0.25, 0.3) is 0 Å². The highest BCUT2D eigenvalue weighted by Gasteiger charge is 2.31. The van der Waals surface area contributed by atoms with E-state index in [-0.39, 0.29) is 11.8 Å². The molecule has 3 rings (SSSR count). The summed E-state index contributed by atoms with van der Waals surface area (Å²) in [6, 6.07) is 0.546. The van der Waals surface area contributed by atoms with E-state index in [1.807, 2.05) is 4.90 Å². The second kappa shape index (κ2) is 6.12. The second-order valence-corrected chi connectivity index (χ2v) is 6.30. The van der Waals surface area contributed by atoms with Crippen LogP contribution in [0.4, 0.5) is 0 Å². The third kappa shape index (κ3) is 2.97. The smallest absolute Gasteiger partial charge is 0.242 e. The van der Waals surface area contributed by atoms with E-state index in [4.69, 9.17) is 0 Å². The van der Waals surface area contributed by atoms with E-state index in [1.165, 1.54) is 32.4 Å². The second-order valence-electron chi connectivity index (χ2n) is 6.30. The van der Waals surface area contributed by atoms with Gasteiger partial charge in [-0.2, -0.15) is 0 Å². The first-order chi connectivity index (χ1) is 9.74. The van der Waals surface area contributed by atoms with Gasteiger partial charge in [-0.3, -0.25) is 14.5 Å². The Hall–Kier alpha value is -1.10. The lowest BCUT2D eigenvalue weighted by molar-refractivity contribution is -0.139. The van der Waals surface area contributed by atoms with Crippen molar-refractivity contribution < 1.29 is 9.59 Å². The molecule has 1 unspecified atom stereocenters. The number of carbonyl (C=O) groups is 2. The average molecular weight is 279 g/mol. The summed E-state index contributed by atoms with van der Waals surface area (Å²) in [7, 11) is 0. The summed E-state index contributed by atoms with van der Waals surface area (Å²) in [5.74, 6) is 0.288. The first-order valence-corrected chi connectivity index (χ1v) is 8.03. The molecule has 3 aliphatic rings. The molecule has 3 aliphatic heterocycles. The van der Waals surface area contributed by atoms with Gasteiger partial charge in [0.15, 0.2) is 0 Å². The van der Waals surface area contributed by atoms with Gasteiger partial charge in [0.25, 0.3) is 0 Å². The van der Waals surface area contributed by atoms with Crippen LogP contribution >= 0.6 is 0 Å². The van der Waals surface area contributed by atoms with Crippen LogP contribution in [-0.2, 0) is 9.59 Å². The van der Waals surface area contributed by atoms with E-state index in [1.54, 1.807) is 4.90 Å². The Kier molecular flexibility index (Phi) is 4.24. The van der Waals surface area contributed by atoms with Crippen LogP contribution in [0.5, 0.6) is 0 Å². The third-order valence-corrected chi connectivity index (χ3v) is 4.90. The van der Waals surface area contributed by atoms with Crippen LogP contribution in [0.3, 0.4) is 0 Å². The molecule has 5 heteroatoms. The Bertz CT molecular complexity index is 379. The summed E-state index contributed by atoms with van der Waals surface area (Å²) in [4.78, 5) is 30.2. The van der Waals surface area contributed by atoms with Gasteiger partial charge < -0.3 is 9.80 Å². The van der Waals surface area contributed by atoms with Crippen molar-refractivity contribution >= 4 is 11.8 Å². The van der Waals surface area contributed by atoms with E-state index < -0.39 is 0 Å². The van der Waals surface area contributed by atoms with E-state index in [0.29, 0.717) is 19.0 Å². The van der Waals surface area contributed by atoms with Crippen molar-refractivity contribution in [2.75, 3.05) is 39.3 Å². The summed E-state index contributed by atoms with van der Waals surface area (Å²) < 4.78 is 0. The fraction of sp³-hybridized carbons (Fsp3) is 0.867. The molecule has 0 saturated carbocycles. The molecule has 0 N–H and O–H groups in total. The standard InChI is InChI=1S/C15H25N3O2/c19-14-6-4-10-18(14)12-15(20)17-9-3-5-13(11-17)16-7-1-2-8-16/h13H,1-12H2. The lowest BCUT2D eigenvalue weighted by atomic mass is 10.0. The summed E-state index contributed by atoms with van der Waals surface area (Å²) in [5.41, 5.74) is 0. The average Bonchev–Trinajstić information content (AvgIpc) is 3.12. The Morgan fingerprint density at radius 1 is 1.05 bits per heavy atom. The number of nitrogens with zero attached hydrogens (tertiary/aromatic N) is 3. The van der Waals surface area contributed by atoms with Crippen LogP contribution in [0.1, 0.15) is 38.5 Å². The molecule has 1 atom stereocenters. The molecule has 0 spiro atoms. The summed E-state index contributed by atoms with van der Waals surface area (Å²) >= 11 is 0. The Labute approximate surface area is 120 Å². The molecule has 0 aromatic rings. The first kappa shape index (κ1) is 13.9. The Balaban J connectivity index is 1.53. The maximum Gasteiger partial charge on any atom is 0.242 e. The lowest BCUT2D eigenvalue weighted by Crippen LogP contribution is -2.51. The molecule has 0 radical (unpaired) electrons. The van der Waals surface area contributed by atoms with E-state index >= 15 is 0 Å². The Morgan fingerprint density at radius 2 is 1.85 bits per heavy atom. The van der Waals surface area contributed by atoms with Gasteiger partial charge in [0, 0.05) is 32.1 Å². The SMILES string of the molecule is O=C1CCCN1CC(=O)N1CCCC(N2CCCC2)C1. The summed E-state index contributed by atoms with van der Waals surface area (Å²) in [5, 5.41) is 0. The summed E-state index contributed by atoms with van der Waals surface area (Å²) in [6.07, 6.45) is 6.43. The minimum absolute atomic E-state index is 0.143. The number of hydrogen-bond donors (Lipinski definition) is 0. The predicted octanol–water partition coefficient (Wildman–Crippen LogP) is 0.696. The van der Waals surface area contributed by atoms with Crippen LogP contribution in [0, 0.1) is 0 Å². The normalized spacial score (nSPS) is 28.4. The molecule has 0 aliphatic carbocycles. The minimum Gasteiger partial charge on any atom is -0.340 e. The van der Waals surface area contributed by atoms with Gasteiger partial charge in [0.05, 0.1) is 6.54 Å². The molecule has 3 heterocycles. The van der Waals surface area contributed by atoms with Crippen LogP contribution < -0.4 is 0 Å². The first-order valence-electron chi connectivity index (χ1n) is 8.03. The van der Waals surface area contributed by atoms with Crippen molar-refractivity contribution in [2.24, 2.45) is 0 Å². The zero-order valence-electron chi connectivity index (χ0n) is 12.2. The van der Waals surface area contributed by atoms with Crippen molar-refractivity contribution in [3.05, 3.63) is 0 Å². The van der Waals surface area contributed by atoms with Gasteiger partial charge in [-0.05, 0) is 45.2 Å².